The van der Waals surface area contributed by atoms with Crippen molar-refractivity contribution < 1.29 is 9.53 Å². The van der Waals surface area contributed by atoms with Crippen LogP contribution in [-0.4, -0.2) is 38.1 Å². The normalized spacial score (nSPS) is 10.0. The van der Waals surface area contributed by atoms with Gasteiger partial charge in [-0.1, -0.05) is 51.9 Å². The van der Waals surface area contributed by atoms with Crippen LogP contribution in [0, 0.1) is 0 Å². The molecule has 0 unspecified atom stereocenters. The Hall–Kier alpha value is 0.619. The third kappa shape index (κ3) is 27.7. The zero-order chi connectivity index (χ0) is 14.9. The van der Waals surface area contributed by atoms with Crippen molar-refractivity contribution in [3.63, 3.8) is 0 Å². The molecule has 0 rings (SSSR count). The van der Waals surface area contributed by atoms with Gasteiger partial charge in [0.25, 0.3) is 0 Å². The molecular weight excluding hydrogens is 363 g/mol. The summed E-state index contributed by atoms with van der Waals surface area (Å²) in [5, 5.41) is 0. The minimum absolute atomic E-state index is 0.191. The molecule has 0 aliphatic rings. The number of rotatable bonds is 10. The maximum absolute atomic E-state index is 10.7. The zero-order valence-electron chi connectivity index (χ0n) is 13.3. The van der Waals surface area contributed by atoms with Crippen LogP contribution in [0.25, 0.3) is 0 Å². The van der Waals surface area contributed by atoms with E-state index in [1.807, 2.05) is 0 Å². The Labute approximate surface area is 133 Å². The maximum atomic E-state index is 10.7. The fourth-order valence-electron chi connectivity index (χ4n) is 1.47. The quantitative estimate of drug-likeness (QED) is 0.244. The molecule has 0 aromatic rings. The third-order valence-electron chi connectivity index (χ3n) is 2.39. The van der Waals surface area contributed by atoms with Crippen LogP contribution in [0.5, 0.6) is 0 Å². The standard InChI is InChI=1S/C12H24O2S.3CH3.Sn/c1-2-3-4-5-6-7-8-9-10-14-12(13)11-15;;;;/h15H,2-11H2,1H3;3*1H3;. The number of thiol groups is 1. The van der Waals surface area contributed by atoms with Crippen molar-refractivity contribution in [2.45, 2.75) is 73.1 Å². The summed E-state index contributed by atoms with van der Waals surface area (Å²) in [7, 11) is 0. The van der Waals surface area contributed by atoms with Crippen LogP contribution in [0.4, 0.5) is 0 Å². The molecule has 115 valence electrons. The van der Waals surface area contributed by atoms with Gasteiger partial charge in [0, 0.05) is 0 Å². The van der Waals surface area contributed by atoms with Crippen LogP contribution >= 0.6 is 12.6 Å². The molecule has 0 saturated heterocycles. The molecule has 0 aromatic heterocycles. The summed E-state index contributed by atoms with van der Waals surface area (Å²) in [5.41, 5.74) is 0. The van der Waals surface area contributed by atoms with Gasteiger partial charge < -0.3 is 4.74 Å². The Kier molecular flexibility index (Phi) is 21.5. The van der Waals surface area contributed by atoms with E-state index in [4.69, 9.17) is 4.74 Å². The molecule has 0 N–H and O–H groups in total. The van der Waals surface area contributed by atoms with Crippen molar-refractivity contribution in [2.24, 2.45) is 0 Å². The van der Waals surface area contributed by atoms with Gasteiger partial charge in [0.15, 0.2) is 0 Å². The first-order valence-electron chi connectivity index (χ1n) is 7.57. The van der Waals surface area contributed by atoms with Crippen molar-refractivity contribution >= 4 is 38.4 Å². The van der Waals surface area contributed by atoms with Crippen LogP contribution in [-0.2, 0) is 9.53 Å². The van der Waals surface area contributed by atoms with Gasteiger partial charge in [-0.25, -0.2) is 0 Å². The summed E-state index contributed by atoms with van der Waals surface area (Å²) in [6, 6.07) is 0. The number of carbonyl (C=O) groups is 1. The number of esters is 1. The Balaban J connectivity index is 0. The van der Waals surface area contributed by atoms with Gasteiger partial charge in [-0.15, -0.1) is 0 Å². The first-order valence-corrected chi connectivity index (χ1v) is 16.8. The zero-order valence-corrected chi connectivity index (χ0v) is 17.1. The Morgan fingerprint density at radius 3 is 1.79 bits per heavy atom. The van der Waals surface area contributed by atoms with E-state index in [0.29, 0.717) is 6.61 Å². The summed E-state index contributed by atoms with van der Waals surface area (Å²) in [4.78, 5) is 17.8. The molecule has 0 aliphatic heterocycles. The van der Waals surface area contributed by atoms with E-state index < -0.39 is 19.8 Å². The number of hydrogen-bond acceptors (Lipinski definition) is 3. The van der Waals surface area contributed by atoms with Crippen LogP contribution < -0.4 is 0 Å². The second kappa shape index (κ2) is 18.6. The molecule has 4 heteroatoms. The predicted molar refractivity (Wildman–Crippen MR) is 90.8 cm³/mol. The van der Waals surface area contributed by atoms with E-state index in [0.717, 1.165) is 6.42 Å². The first kappa shape index (κ1) is 21.9. The van der Waals surface area contributed by atoms with E-state index in [-0.39, 0.29) is 11.7 Å². The molecule has 0 bridgehead atoms. The van der Waals surface area contributed by atoms with Crippen molar-refractivity contribution in [1.29, 1.82) is 0 Å². The second-order valence-corrected chi connectivity index (χ2v) is 14.2. The van der Waals surface area contributed by atoms with Crippen LogP contribution in [0.3, 0.4) is 0 Å². The Bertz CT molecular complexity index is 184. The minimum atomic E-state index is -0.543. The molecule has 19 heavy (non-hydrogen) atoms. The number of carbonyl (C=O) groups excluding carboxylic acids is 1. The SMILES string of the molecule is CCCCCCCCCCOC(=O)CS.[CH3][Sn]([CH3])[CH3]. The van der Waals surface area contributed by atoms with E-state index >= 15 is 0 Å². The Morgan fingerprint density at radius 2 is 1.37 bits per heavy atom. The number of hydrogen-bond donors (Lipinski definition) is 1. The fraction of sp³-hybridized carbons (Fsp3) is 0.933. The average Bonchev–Trinajstić information content (AvgIpc) is 2.36. The molecule has 0 amide bonds. The molecular formula is C15H33O2SSn. The third-order valence-corrected chi connectivity index (χ3v) is 2.65. The summed E-state index contributed by atoms with van der Waals surface area (Å²) in [6.45, 7) is 2.80. The van der Waals surface area contributed by atoms with Crippen LogP contribution in [0.2, 0.25) is 14.8 Å². The van der Waals surface area contributed by atoms with Gasteiger partial charge in [-0.3, -0.25) is 4.79 Å². The number of unbranched alkanes of at least 4 members (excludes halogenated alkanes) is 7. The number of ether oxygens (including phenoxy) is 1. The second-order valence-electron chi connectivity index (χ2n) is 5.35. The van der Waals surface area contributed by atoms with Gasteiger partial charge in [0.2, 0.25) is 0 Å². The molecule has 0 aromatic carbocycles. The van der Waals surface area contributed by atoms with Gasteiger partial charge >= 0.3 is 40.5 Å². The average molecular weight is 396 g/mol. The van der Waals surface area contributed by atoms with Crippen molar-refractivity contribution in [2.75, 3.05) is 12.4 Å². The monoisotopic (exact) mass is 397 g/mol. The molecule has 0 fully saturated rings. The van der Waals surface area contributed by atoms with Crippen LogP contribution in [0.15, 0.2) is 0 Å². The molecule has 0 saturated carbocycles. The van der Waals surface area contributed by atoms with E-state index in [1.54, 1.807) is 0 Å². The Morgan fingerprint density at radius 1 is 0.947 bits per heavy atom. The van der Waals surface area contributed by atoms with Crippen molar-refractivity contribution in [3.8, 4) is 0 Å². The van der Waals surface area contributed by atoms with Gasteiger partial charge in [0.1, 0.15) is 0 Å². The fourth-order valence-corrected chi connectivity index (χ4v) is 1.56. The molecule has 0 atom stereocenters. The molecule has 0 heterocycles. The van der Waals surface area contributed by atoms with Gasteiger partial charge in [-0.2, -0.15) is 12.6 Å². The van der Waals surface area contributed by atoms with Crippen molar-refractivity contribution in [1.82, 2.24) is 0 Å². The summed E-state index contributed by atoms with van der Waals surface area (Å²) >= 11 is 3.29. The van der Waals surface area contributed by atoms with E-state index in [1.165, 1.54) is 44.9 Å². The molecule has 2 nitrogen and oxygen atoms in total. The molecule has 0 aliphatic carbocycles. The van der Waals surface area contributed by atoms with Crippen LogP contribution in [0.1, 0.15) is 58.3 Å². The summed E-state index contributed by atoms with van der Waals surface area (Å²) in [6.07, 6.45) is 10.1. The van der Waals surface area contributed by atoms with Gasteiger partial charge in [0.05, 0.1) is 12.4 Å². The predicted octanol–water partition coefficient (Wildman–Crippen LogP) is 4.97. The summed E-state index contributed by atoms with van der Waals surface area (Å²) < 4.78 is 4.92. The van der Waals surface area contributed by atoms with Crippen molar-refractivity contribution in [3.05, 3.63) is 0 Å². The van der Waals surface area contributed by atoms with E-state index in [9.17, 15) is 4.79 Å². The van der Waals surface area contributed by atoms with E-state index in [2.05, 4.69) is 34.4 Å². The topological polar surface area (TPSA) is 26.3 Å². The molecule has 1 radical (unpaired) electrons. The summed E-state index contributed by atoms with van der Waals surface area (Å²) in [5.74, 6) is -0.0157. The first-order chi connectivity index (χ1) is 9.04. The molecule has 0 spiro atoms. The van der Waals surface area contributed by atoms with Gasteiger partial charge in [-0.05, 0) is 6.42 Å².